The zero-order valence-electron chi connectivity index (χ0n) is 12.8. The molecule has 2 aromatic carbocycles. The van der Waals surface area contributed by atoms with Gasteiger partial charge < -0.3 is 14.8 Å². The Bertz CT molecular complexity index is 751. The molecule has 1 N–H and O–H groups in total. The van der Waals surface area contributed by atoms with Crippen LogP contribution in [0.4, 0.5) is 4.39 Å². The molecule has 24 heavy (non-hydrogen) atoms. The maximum Gasteiger partial charge on any atom is 0.342 e. The molecule has 0 radical (unpaired) electrons. The SMILES string of the molecule is COc1cc(Cl)ccc1C(=O)OCC(=O)NCc1ccccc1F. The summed E-state index contributed by atoms with van der Waals surface area (Å²) in [7, 11) is 1.39. The van der Waals surface area contributed by atoms with Crippen LogP contribution in [0.2, 0.25) is 5.02 Å². The number of benzene rings is 2. The summed E-state index contributed by atoms with van der Waals surface area (Å²) in [5.41, 5.74) is 0.500. The normalized spacial score (nSPS) is 10.1. The fourth-order valence-electron chi connectivity index (χ4n) is 1.93. The number of ether oxygens (including phenoxy) is 2. The standard InChI is InChI=1S/C17H15ClFNO4/c1-23-15-8-12(18)6-7-13(15)17(22)24-10-16(21)20-9-11-4-2-3-5-14(11)19/h2-8H,9-10H2,1H3,(H,20,21). The largest absolute Gasteiger partial charge is 0.496 e. The number of hydrogen-bond donors (Lipinski definition) is 1. The summed E-state index contributed by atoms with van der Waals surface area (Å²) in [6.45, 7) is -0.480. The van der Waals surface area contributed by atoms with E-state index in [-0.39, 0.29) is 17.9 Å². The third-order valence-corrected chi connectivity index (χ3v) is 3.39. The fraction of sp³-hybridized carbons (Fsp3) is 0.176. The van der Waals surface area contributed by atoms with Crippen LogP contribution in [0.25, 0.3) is 0 Å². The van der Waals surface area contributed by atoms with E-state index >= 15 is 0 Å². The van der Waals surface area contributed by atoms with Crippen molar-refractivity contribution in [3.05, 3.63) is 64.4 Å². The van der Waals surface area contributed by atoms with Crippen molar-refractivity contribution in [1.29, 1.82) is 0 Å². The summed E-state index contributed by atoms with van der Waals surface area (Å²) in [5.74, 6) is -1.43. The van der Waals surface area contributed by atoms with E-state index in [0.29, 0.717) is 10.6 Å². The Morgan fingerprint density at radius 3 is 2.67 bits per heavy atom. The van der Waals surface area contributed by atoms with E-state index in [2.05, 4.69) is 5.32 Å². The highest BCUT2D eigenvalue weighted by atomic mass is 35.5. The van der Waals surface area contributed by atoms with Gasteiger partial charge in [-0.1, -0.05) is 29.8 Å². The molecule has 0 aliphatic rings. The molecule has 0 unspecified atom stereocenters. The van der Waals surface area contributed by atoms with Crippen molar-refractivity contribution in [2.75, 3.05) is 13.7 Å². The molecule has 0 spiro atoms. The molecule has 0 saturated heterocycles. The Balaban J connectivity index is 1.87. The summed E-state index contributed by atoms with van der Waals surface area (Å²) in [6.07, 6.45) is 0. The first-order valence-corrected chi connectivity index (χ1v) is 7.40. The van der Waals surface area contributed by atoms with E-state index < -0.39 is 24.3 Å². The monoisotopic (exact) mass is 351 g/mol. The minimum Gasteiger partial charge on any atom is -0.496 e. The van der Waals surface area contributed by atoms with Crippen molar-refractivity contribution in [2.45, 2.75) is 6.54 Å². The number of esters is 1. The molecule has 0 atom stereocenters. The molecular formula is C17H15ClFNO4. The van der Waals surface area contributed by atoms with Gasteiger partial charge in [0.1, 0.15) is 17.1 Å². The first-order valence-electron chi connectivity index (χ1n) is 7.02. The Labute approximate surface area is 143 Å². The van der Waals surface area contributed by atoms with Crippen LogP contribution in [0, 0.1) is 5.82 Å². The second-order valence-electron chi connectivity index (χ2n) is 4.79. The van der Waals surface area contributed by atoms with Gasteiger partial charge in [-0.2, -0.15) is 0 Å². The Hall–Kier alpha value is -2.60. The second-order valence-corrected chi connectivity index (χ2v) is 5.23. The number of rotatable bonds is 6. The molecule has 2 aromatic rings. The van der Waals surface area contributed by atoms with Gasteiger partial charge in [0.15, 0.2) is 6.61 Å². The lowest BCUT2D eigenvalue weighted by Crippen LogP contribution is -2.28. The van der Waals surface area contributed by atoms with Crippen molar-refractivity contribution in [3.63, 3.8) is 0 Å². The highest BCUT2D eigenvalue weighted by Gasteiger charge is 2.15. The van der Waals surface area contributed by atoms with Gasteiger partial charge in [-0.3, -0.25) is 4.79 Å². The fourth-order valence-corrected chi connectivity index (χ4v) is 2.09. The lowest BCUT2D eigenvalue weighted by Gasteiger charge is -2.10. The molecule has 0 heterocycles. The molecule has 0 aliphatic carbocycles. The lowest BCUT2D eigenvalue weighted by molar-refractivity contribution is -0.124. The molecular weight excluding hydrogens is 337 g/mol. The first kappa shape index (κ1) is 17.7. The first-order chi connectivity index (χ1) is 11.5. The maximum atomic E-state index is 13.4. The molecule has 0 fully saturated rings. The van der Waals surface area contributed by atoms with E-state index in [0.717, 1.165) is 0 Å². The van der Waals surface area contributed by atoms with Gasteiger partial charge in [0.05, 0.1) is 7.11 Å². The number of methoxy groups -OCH3 is 1. The van der Waals surface area contributed by atoms with Gasteiger partial charge in [0.2, 0.25) is 0 Å². The van der Waals surface area contributed by atoms with Gasteiger partial charge in [0, 0.05) is 17.1 Å². The number of nitrogens with one attached hydrogen (secondary N) is 1. The molecule has 126 valence electrons. The highest BCUT2D eigenvalue weighted by Crippen LogP contribution is 2.23. The minimum atomic E-state index is -0.718. The topological polar surface area (TPSA) is 64.6 Å². The zero-order valence-corrected chi connectivity index (χ0v) is 13.6. The van der Waals surface area contributed by atoms with Crippen molar-refractivity contribution in [3.8, 4) is 5.75 Å². The van der Waals surface area contributed by atoms with Crippen LogP contribution in [-0.4, -0.2) is 25.6 Å². The molecule has 0 aromatic heterocycles. The van der Waals surface area contributed by atoms with Gasteiger partial charge in [-0.15, -0.1) is 0 Å². The van der Waals surface area contributed by atoms with Crippen molar-refractivity contribution in [1.82, 2.24) is 5.32 Å². The minimum absolute atomic E-state index is 0.00727. The maximum absolute atomic E-state index is 13.4. The van der Waals surface area contributed by atoms with Crippen LogP contribution < -0.4 is 10.1 Å². The predicted octanol–water partition coefficient (Wildman–Crippen LogP) is 2.96. The number of hydrogen-bond acceptors (Lipinski definition) is 4. The van der Waals surface area contributed by atoms with Crippen LogP contribution in [-0.2, 0) is 16.1 Å². The lowest BCUT2D eigenvalue weighted by atomic mass is 10.2. The third kappa shape index (κ3) is 4.70. The van der Waals surface area contributed by atoms with E-state index in [4.69, 9.17) is 21.1 Å². The Kier molecular flexibility index (Phi) is 6.14. The van der Waals surface area contributed by atoms with E-state index in [1.807, 2.05) is 0 Å². The highest BCUT2D eigenvalue weighted by molar-refractivity contribution is 6.30. The van der Waals surface area contributed by atoms with Crippen LogP contribution >= 0.6 is 11.6 Å². The predicted molar refractivity (Wildman–Crippen MR) is 86.5 cm³/mol. The van der Waals surface area contributed by atoms with Crippen molar-refractivity contribution >= 4 is 23.5 Å². The van der Waals surface area contributed by atoms with Crippen LogP contribution in [0.5, 0.6) is 5.75 Å². The third-order valence-electron chi connectivity index (χ3n) is 3.15. The summed E-state index contributed by atoms with van der Waals surface area (Å²) in [5, 5.41) is 2.88. The molecule has 0 bridgehead atoms. The van der Waals surface area contributed by atoms with E-state index in [1.165, 1.54) is 31.4 Å². The number of carbonyl (C=O) groups excluding carboxylic acids is 2. The zero-order chi connectivity index (χ0) is 17.5. The van der Waals surface area contributed by atoms with E-state index in [1.54, 1.807) is 18.2 Å². The number of halogens is 2. The van der Waals surface area contributed by atoms with Crippen LogP contribution in [0.1, 0.15) is 15.9 Å². The summed E-state index contributed by atoms with van der Waals surface area (Å²) in [4.78, 5) is 23.7. The average molecular weight is 352 g/mol. The average Bonchev–Trinajstić information content (AvgIpc) is 2.58. The van der Waals surface area contributed by atoms with Crippen molar-refractivity contribution < 1.29 is 23.5 Å². The summed E-state index contributed by atoms with van der Waals surface area (Å²) in [6, 6.07) is 10.5. The second kappa shape index (κ2) is 8.31. The Morgan fingerprint density at radius 1 is 1.21 bits per heavy atom. The van der Waals surface area contributed by atoms with Gasteiger partial charge in [0.25, 0.3) is 5.91 Å². The van der Waals surface area contributed by atoms with Crippen LogP contribution in [0.15, 0.2) is 42.5 Å². The number of carbonyl (C=O) groups is 2. The molecule has 0 saturated carbocycles. The smallest absolute Gasteiger partial charge is 0.342 e. The molecule has 5 nitrogen and oxygen atoms in total. The Morgan fingerprint density at radius 2 is 1.96 bits per heavy atom. The summed E-state index contributed by atoms with van der Waals surface area (Å²) >= 11 is 5.81. The quantitative estimate of drug-likeness (QED) is 0.813. The van der Waals surface area contributed by atoms with Crippen LogP contribution in [0.3, 0.4) is 0 Å². The molecule has 7 heteroatoms. The van der Waals surface area contributed by atoms with Gasteiger partial charge in [-0.25, -0.2) is 9.18 Å². The van der Waals surface area contributed by atoms with Gasteiger partial charge in [-0.05, 0) is 24.3 Å². The molecule has 1 amide bonds. The van der Waals surface area contributed by atoms with Gasteiger partial charge >= 0.3 is 5.97 Å². The van der Waals surface area contributed by atoms with Crippen molar-refractivity contribution in [2.24, 2.45) is 0 Å². The van der Waals surface area contributed by atoms with E-state index in [9.17, 15) is 14.0 Å². The number of amides is 1. The molecule has 2 rings (SSSR count). The summed E-state index contributed by atoms with van der Waals surface area (Å²) < 4.78 is 23.4. The molecule has 0 aliphatic heterocycles.